The molecule has 0 saturated carbocycles. The molecule has 0 bridgehead atoms. The van der Waals surface area contributed by atoms with Crippen LogP contribution in [0, 0.1) is 11.3 Å². The maximum absolute atomic E-state index is 12.6. The molecule has 0 radical (unpaired) electrons. The first kappa shape index (κ1) is 16.5. The van der Waals surface area contributed by atoms with Gasteiger partial charge in [-0.2, -0.15) is 5.26 Å². The fourth-order valence-corrected chi connectivity index (χ4v) is 2.87. The van der Waals surface area contributed by atoms with Gasteiger partial charge in [0.25, 0.3) is 0 Å². The van der Waals surface area contributed by atoms with Crippen molar-refractivity contribution in [3.63, 3.8) is 0 Å². The molecule has 0 aliphatic carbocycles. The van der Waals surface area contributed by atoms with Crippen molar-refractivity contribution in [2.75, 3.05) is 7.05 Å². The molecule has 2 aromatic carbocycles. The molecule has 0 spiro atoms. The minimum Gasteiger partial charge on any atom is -0.340 e. The van der Waals surface area contributed by atoms with Crippen LogP contribution in [-0.2, 0) is 24.9 Å². The van der Waals surface area contributed by atoms with Crippen LogP contribution in [0.1, 0.15) is 11.1 Å². The number of hydrogen-bond acceptors (Lipinski definition) is 3. The zero-order chi connectivity index (χ0) is 18.0. The van der Waals surface area contributed by atoms with E-state index >= 15 is 0 Å². The molecule has 126 valence electrons. The standard InChI is InChI=1S/C19H18N4O2/c1-21(12-15-7-5-6-14(10-15)11-20)18(24)13-23-17-9-4-3-8-16(17)22(2)19(23)25/h3-10H,12-13H2,1-2H3. The lowest BCUT2D eigenvalue weighted by atomic mass is 10.1. The number of para-hydroxylation sites is 2. The van der Waals surface area contributed by atoms with Crippen LogP contribution >= 0.6 is 0 Å². The van der Waals surface area contributed by atoms with Gasteiger partial charge >= 0.3 is 5.69 Å². The Morgan fingerprint density at radius 3 is 2.60 bits per heavy atom. The van der Waals surface area contributed by atoms with E-state index in [-0.39, 0.29) is 18.1 Å². The molecule has 0 aliphatic rings. The van der Waals surface area contributed by atoms with Crippen molar-refractivity contribution >= 4 is 16.9 Å². The Hall–Kier alpha value is -3.33. The van der Waals surface area contributed by atoms with E-state index in [1.807, 2.05) is 30.3 Å². The molecule has 0 fully saturated rings. The SMILES string of the molecule is CN(Cc1cccc(C#N)c1)C(=O)Cn1c(=O)n(C)c2ccccc21. The lowest BCUT2D eigenvalue weighted by Gasteiger charge is -2.17. The number of nitriles is 1. The van der Waals surface area contributed by atoms with Gasteiger partial charge in [0, 0.05) is 20.6 Å². The topological polar surface area (TPSA) is 71.0 Å². The van der Waals surface area contributed by atoms with E-state index in [0.717, 1.165) is 16.6 Å². The highest BCUT2D eigenvalue weighted by molar-refractivity contribution is 5.80. The van der Waals surface area contributed by atoms with E-state index < -0.39 is 0 Å². The molecule has 0 aliphatic heterocycles. The molecular formula is C19H18N4O2. The Morgan fingerprint density at radius 1 is 1.16 bits per heavy atom. The van der Waals surface area contributed by atoms with Crippen LogP contribution in [-0.4, -0.2) is 27.0 Å². The quantitative estimate of drug-likeness (QED) is 0.731. The molecule has 1 aromatic heterocycles. The van der Waals surface area contributed by atoms with Crippen molar-refractivity contribution < 1.29 is 4.79 Å². The molecule has 1 heterocycles. The highest BCUT2D eigenvalue weighted by Crippen LogP contribution is 2.12. The predicted molar refractivity (Wildman–Crippen MR) is 94.8 cm³/mol. The summed E-state index contributed by atoms with van der Waals surface area (Å²) in [4.78, 5) is 26.5. The second-order valence-corrected chi connectivity index (χ2v) is 5.98. The molecule has 1 amide bonds. The van der Waals surface area contributed by atoms with Gasteiger partial charge in [-0.15, -0.1) is 0 Å². The normalized spacial score (nSPS) is 10.6. The lowest BCUT2D eigenvalue weighted by molar-refractivity contribution is -0.131. The Morgan fingerprint density at radius 2 is 1.88 bits per heavy atom. The smallest absolute Gasteiger partial charge is 0.329 e. The first-order valence-electron chi connectivity index (χ1n) is 7.88. The number of fused-ring (bicyclic) bond motifs is 1. The highest BCUT2D eigenvalue weighted by atomic mass is 16.2. The monoisotopic (exact) mass is 334 g/mol. The van der Waals surface area contributed by atoms with Gasteiger partial charge in [0.05, 0.1) is 22.7 Å². The number of benzene rings is 2. The molecule has 3 rings (SSSR count). The Labute approximate surface area is 145 Å². The van der Waals surface area contributed by atoms with E-state index in [0.29, 0.717) is 12.1 Å². The van der Waals surface area contributed by atoms with Crippen molar-refractivity contribution in [1.29, 1.82) is 5.26 Å². The number of carbonyl (C=O) groups excluding carboxylic acids is 1. The summed E-state index contributed by atoms with van der Waals surface area (Å²) in [5.74, 6) is -0.166. The zero-order valence-electron chi connectivity index (χ0n) is 14.1. The fourth-order valence-electron chi connectivity index (χ4n) is 2.87. The number of aryl methyl sites for hydroxylation is 1. The lowest BCUT2D eigenvalue weighted by Crippen LogP contribution is -2.33. The first-order valence-corrected chi connectivity index (χ1v) is 7.88. The van der Waals surface area contributed by atoms with Crippen molar-refractivity contribution in [2.45, 2.75) is 13.1 Å². The highest BCUT2D eigenvalue weighted by Gasteiger charge is 2.16. The number of hydrogen-bond donors (Lipinski definition) is 0. The predicted octanol–water partition coefficient (Wildman–Crippen LogP) is 1.87. The molecule has 25 heavy (non-hydrogen) atoms. The fraction of sp³-hybridized carbons (Fsp3) is 0.211. The number of likely N-dealkylation sites (N-methyl/N-ethyl adjacent to an activating group) is 1. The van der Waals surface area contributed by atoms with Crippen molar-refractivity contribution in [1.82, 2.24) is 14.0 Å². The van der Waals surface area contributed by atoms with Crippen molar-refractivity contribution in [3.8, 4) is 6.07 Å². The van der Waals surface area contributed by atoms with Crippen LogP contribution in [0.4, 0.5) is 0 Å². The summed E-state index contributed by atoms with van der Waals surface area (Å²) in [5, 5.41) is 8.96. The average molecular weight is 334 g/mol. The number of rotatable bonds is 4. The molecular weight excluding hydrogens is 316 g/mol. The summed E-state index contributed by atoms with van der Waals surface area (Å²) < 4.78 is 3.03. The molecule has 0 unspecified atom stereocenters. The van der Waals surface area contributed by atoms with Crippen LogP contribution in [0.3, 0.4) is 0 Å². The van der Waals surface area contributed by atoms with Gasteiger partial charge in [0.15, 0.2) is 0 Å². The molecule has 0 N–H and O–H groups in total. The number of nitrogens with zero attached hydrogens (tertiary/aromatic N) is 4. The van der Waals surface area contributed by atoms with Crippen LogP contribution in [0.2, 0.25) is 0 Å². The van der Waals surface area contributed by atoms with E-state index in [9.17, 15) is 9.59 Å². The van der Waals surface area contributed by atoms with Crippen molar-refractivity contribution in [3.05, 3.63) is 70.1 Å². The van der Waals surface area contributed by atoms with Gasteiger partial charge in [-0.05, 0) is 29.8 Å². The van der Waals surface area contributed by atoms with Crippen LogP contribution < -0.4 is 5.69 Å². The van der Waals surface area contributed by atoms with Gasteiger partial charge in [-0.1, -0.05) is 24.3 Å². The average Bonchev–Trinajstić information content (AvgIpc) is 2.87. The van der Waals surface area contributed by atoms with Crippen LogP contribution in [0.15, 0.2) is 53.3 Å². The summed E-state index contributed by atoms with van der Waals surface area (Å²) in [5.41, 5.74) is 2.76. The molecule has 0 saturated heterocycles. The van der Waals surface area contributed by atoms with E-state index in [1.165, 1.54) is 4.57 Å². The largest absolute Gasteiger partial charge is 0.340 e. The Bertz CT molecular complexity index is 1040. The minimum atomic E-state index is -0.213. The second-order valence-electron chi connectivity index (χ2n) is 5.98. The summed E-state index contributed by atoms with van der Waals surface area (Å²) in [6, 6.07) is 16.6. The Balaban J connectivity index is 1.82. The number of imidazole rings is 1. The van der Waals surface area contributed by atoms with Crippen LogP contribution in [0.25, 0.3) is 11.0 Å². The number of carbonyl (C=O) groups is 1. The molecule has 6 heteroatoms. The number of amides is 1. The van der Waals surface area contributed by atoms with E-state index in [4.69, 9.17) is 5.26 Å². The van der Waals surface area contributed by atoms with Gasteiger partial charge in [0.1, 0.15) is 6.54 Å². The summed E-state index contributed by atoms with van der Waals surface area (Å²) in [6.45, 7) is 0.364. The third-order valence-electron chi connectivity index (χ3n) is 4.25. The van der Waals surface area contributed by atoms with E-state index in [1.54, 1.807) is 41.8 Å². The van der Waals surface area contributed by atoms with Gasteiger partial charge in [-0.25, -0.2) is 4.79 Å². The molecule has 3 aromatic rings. The maximum Gasteiger partial charge on any atom is 0.329 e. The Kier molecular flexibility index (Phi) is 4.40. The summed E-state index contributed by atoms with van der Waals surface area (Å²) in [6.07, 6.45) is 0. The third-order valence-corrected chi connectivity index (χ3v) is 4.25. The first-order chi connectivity index (χ1) is 12.0. The maximum atomic E-state index is 12.6. The van der Waals surface area contributed by atoms with Gasteiger partial charge in [-0.3, -0.25) is 13.9 Å². The van der Waals surface area contributed by atoms with Crippen molar-refractivity contribution in [2.24, 2.45) is 7.05 Å². The zero-order valence-corrected chi connectivity index (χ0v) is 14.1. The second kappa shape index (κ2) is 6.65. The third kappa shape index (κ3) is 3.17. The van der Waals surface area contributed by atoms with Gasteiger partial charge in [0.2, 0.25) is 5.91 Å². The number of aromatic nitrogens is 2. The summed E-state index contributed by atoms with van der Waals surface area (Å²) >= 11 is 0. The molecule has 6 nitrogen and oxygen atoms in total. The van der Waals surface area contributed by atoms with Gasteiger partial charge < -0.3 is 4.90 Å². The summed E-state index contributed by atoms with van der Waals surface area (Å²) in [7, 11) is 3.39. The van der Waals surface area contributed by atoms with Crippen LogP contribution in [0.5, 0.6) is 0 Å². The van der Waals surface area contributed by atoms with E-state index in [2.05, 4.69) is 6.07 Å². The minimum absolute atomic E-state index is 0.0192. The molecule has 0 atom stereocenters.